The van der Waals surface area contributed by atoms with Crippen molar-refractivity contribution < 1.29 is 16.4 Å². The summed E-state index contributed by atoms with van der Waals surface area (Å²) in [5.41, 5.74) is 4.10. The lowest BCUT2D eigenvalue weighted by molar-refractivity contribution is 0.0630. The van der Waals surface area contributed by atoms with E-state index in [-0.39, 0.29) is 40.8 Å². The summed E-state index contributed by atoms with van der Waals surface area (Å²) < 4.78 is 0. The molecule has 10 N–H and O–H groups in total. The van der Waals surface area contributed by atoms with Gasteiger partial charge in [0, 0.05) is 37.6 Å². The van der Waals surface area contributed by atoms with E-state index in [0.29, 0.717) is 17.9 Å². The molecule has 8 heteroatoms. The van der Waals surface area contributed by atoms with Crippen LogP contribution in [0.25, 0.3) is 0 Å². The number of alkyl halides is 1. The Morgan fingerprint density at radius 3 is 2.38 bits per heavy atom. The number of hydrogen-bond donors (Lipinski definition) is 2. The monoisotopic (exact) mass is 502 g/mol. The Kier molecular flexibility index (Phi) is 17.9. The molecule has 3 rings (SSSR count). The summed E-state index contributed by atoms with van der Waals surface area (Å²) >= 11 is 6.23. The maximum atomic E-state index is 6.23. The number of pyridine rings is 1. The number of aromatic nitrogens is 1. The fourth-order valence-electron chi connectivity index (χ4n) is 4.75. The van der Waals surface area contributed by atoms with Crippen LogP contribution in [0.15, 0.2) is 42.1 Å². The Labute approximate surface area is 212 Å². The zero-order valence-corrected chi connectivity index (χ0v) is 21.8. The molecule has 1 aromatic rings. The van der Waals surface area contributed by atoms with Gasteiger partial charge in [0.1, 0.15) is 0 Å². The molecular weight excluding hydrogens is 452 g/mol. The molecule has 1 unspecified atom stereocenters. The molecule has 0 aromatic carbocycles. The van der Waals surface area contributed by atoms with Gasteiger partial charge in [0.05, 0.1) is 5.38 Å². The largest absolute Gasteiger partial charge is 0.412 e. The molecular formula is C26H51ClN4O3. The molecule has 3 atom stereocenters. The third-order valence-corrected chi connectivity index (χ3v) is 6.91. The number of likely N-dealkylation sites (tertiary alicyclic amines) is 1. The normalized spacial score (nSPS) is 22.0. The highest BCUT2D eigenvalue weighted by Gasteiger charge is 2.38. The van der Waals surface area contributed by atoms with Crippen LogP contribution in [-0.4, -0.2) is 57.4 Å². The lowest BCUT2D eigenvalue weighted by Gasteiger charge is -2.46. The van der Waals surface area contributed by atoms with Gasteiger partial charge in [-0.15, -0.1) is 11.6 Å². The number of nitrogens with one attached hydrogen (secondary N) is 1. The number of allylic oxidation sites excluding steroid dienone is 4. The lowest BCUT2D eigenvalue weighted by Crippen LogP contribution is -2.51. The molecule has 1 aliphatic heterocycles. The van der Waals surface area contributed by atoms with Crippen molar-refractivity contribution >= 4 is 11.6 Å². The molecule has 0 bridgehead atoms. The number of piperidine rings is 1. The Hall–Kier alpha value is -1.32. The van der Waals surface area contributed by atoms with E-state index in [1.54, 1.807) is 0 Å². The zero-order valence-electron chi connectivity index (χ0n) is 21.0. The summed E-state index contributed by atoms with van der Waals surface area (Å²) in [6, 6.07) is 4.75. The molecule has 0 radical (unpaired) electrons. The summed E-state index contributed by atoms with van der Waals surface area (Å²) in [4.78, 5) is 7.09. The number of halogens is 1. The molecule has 1 fully saturated rings. The SMILES string of the molecule is C.Cc1ccc(CN[C@@H](CN2CC[C@H](C3=CCC(Cl)C=C3)C(C)(C)C2)C(C)C)cn1.N.O.O.O. The molecule has 1 aliphatic carbocycles. The van der Waals surface area contributed by atoms with Gasteiger partial charge in [-0.3, -0.25) is 4.98 Å². The second-order valence-corrected chi connectivity index (χ2v) is 10.5. The molecule has 200 valence electrons. The number of rotatable bonds is 7. The van der Waals surface area contributed by atoms with Crippen LogP contribution in [0.2, 0.25) is 0 Å². The summed E-state index contributed by atoms with van der Waals surface area (Å²) in [6.07, 6.45) is 11.0. The van der Waals surface area contributed by atoms with E-state index in [2.05, 4.69) is 73.3 Å². The van der Waals surface area contributed by atoms with Gasteiger partial charge in [-0.05, 0) is 60.8 Å². The van der Waals surface area contributed by atoms with Gasteiger partial charge in [0.25, 0.3) is 0 Å². The number of hydrogen-bond acceptors (Lipinski definition) is 4. The van der Waals surface area contributed by atoms with Gasteiger partial charge < -0.3 is 32.8 Å². The van der Waals surface area contributed by atoms with Gasteiger partial charge in [-0.25, -0.2) is 0 Å². The Morgan fingerprint density at radius 2 is 1.88 bits per heavy atom. The molecule has 1 saturated heterocycles. The van der Waals surface area contributed by atoms with Crippen molar-refractivity contribution in [2.75, 3.05) is 19.6 Å². The van der Waals surface area contributed by atoms with Crippen molar-refractivity contribution in [3.8, 4) is 0 Å². The van der Waals surface area contributed by atoms with Crippen molar-refractivity contribution in [2.45, 2.75) is 72.9 Å². The predicted octanol–water partition coefficient (Wildman–Crippen LogP) is 3.67. The fraction of sp³-hybridized carbons (Fsp3) is 0.654. The summed E-state index contributed by atoms with van der Waals surface area (Å²) in [6.45, 7) is 15.8. The highest BCUT2D eigenvalue weighted by atomic mass is 35.5. The third kappa shape index (κ3) is 10.1. The fourth-order valence-corrected chi connectivity index (χ4v) is 4.91. The van der Waals surface area contributed by atoms with E-state index < -0.39 is 0 Å². The van der Waals surface area contributed by atoms with Crippen molar-refractivity contribution in [2.24, 2.45) is 17.3 Å². The molecule has 1 aromatic heterocycles. The first-order chi connectivity index (χ1) is 13.7. The molecule has 7 nitrogen and oxygen atoms in total. The molecule has 2 aliphatic rings. The maximum Gasteiger partial charge on any atom is 0.0553 e. The van der Waals surface area contributed by atoms with Crippen molar-refractivity contribution in [3.63, 3.8) is 0 Å². The van der Waals surface area contributed by atoms with Crippen molar-refractivity contribution in [1.82, 2.24) is 21.4 Å². The van der Waals surface area contributed by atoms with Crippen LogP contribution in [0.4, 0.5) is 0 Å². The molecule has 0 amide bonds. The van der Waals surface area contributed by atoms with Crippen LogP contribution in [0.1, 0.15) is 59.2 Å². The Balaban J connectivity index is -0.00000192. The topological polar surface area (TPSA) is 158 Å². The molecule has 2 heterocycles. The highest BCUT2D eigenvalue weighted by Crippen LogP contribution is 2.41. The van der Waals surface area contributed by atoms with Crippen LogP contribution < -0.4 is 11.5 Å². The standard InChI is InChI=1S/C25H38ClN3.CH4.H3N.3H2O/c1-18(2)24(28-15-20-7-6-19(3)27-14-20)16-29-13-12-23(25(4,5)17-29)21-8-10-22(26)11-9-21;;;;;/h6-10,14,18,22-24,28H,11-13,15-17H2,1-5H3;1H4;1H3;3*1H2/t22?,23-,24+;;;;;/m1...../s1. The second kappa shape index (κ2) is 16.4. The van der Waals surface area contributed by atoms with Crippen LogP contribution in [0, 0.1) is 24.2 Å². The highest BCUT2D eigenvalue weighted by molar-refractivity contribution is 6.22. The van der Waals surface area contributed by atoms with Gasteiger partial charge in [0.2, 0.25) is 0 Å². The van der Waals surface area contributed by atoms with E-state index in [0.717, 1.165) is 31.7 Å². The minimum Gasteiger partial charge on any atom is -0.412 e. The first-order valence-electron chi connectivity index (χ1n) is 11.1. The van der Waals surface area contributed by atoms with E-state index in [9.17, 15) is 0 Å². The zero-order chi connectivity index (χ0) is 21.0. The first kappa shape index (κ1) is 37.2. The van der Waals surface area contributed by atoms with Crippen LogP contribution >= 0.6 is 11.6 Å². The third-order valence-electron chi connectivity index (χ3n) is 6.59. The maximum absolute atomic E-state index is 6.23. The summed E-state index contributed by atoms with van der Waals surface area (Å²) in [5, 5.41) is 3.96. The van der Waals surface area contributed by atoms with Crippen LogP contribution in [0.3, 0.4) is 0 Å². The quantitative estimate of drug-likeness (QED) is 0.544. The Bertz CT molecular complexity index is 738. The van der Waals surface area contributed by atoms with Crippen LogP contribution in [0.5, 0.6) is 0 Å². The smallest absolute Gasteiger partial charge is 0.0553 e. The average Bonchev–Trinajstić information content (AvgIpc) is 2.66. The van der Waals surface area contributed by atoms with Gasteiger partial charge in [-0.2, -0.15) is 0 Å². The molecule has 34 heavy (non-hydrogen) atoms. The molecule has 0 spiro atoms. The van der Waals surface area contributed by atoms with Gasteiger partial charge in [0.15, 0.2) is 0 Å². The van der Waals surface area contributed by atoms with Crippen molar-refractivity contribution in [1.29, 1.82) is 0 Å². The number of nitrogens with zero attached hydrogens (tertiary/aromatic N) is 2. The van der Waals surface area contributed by atoms with Crippen molar-refractivity contribution in [3.05, 3.63) is 53.4 Å². The average molecular weight is 503 g/mol. The summed E-state index contributed by atoms with van der Waals surface area (Å²) in [5.74, 6) is 1.22. The minimum absolute atomic E-state index is 0. The number of aryl methyl sites for hydroxylation is 1. The second-order valence-electron chi connectivity index (χ2n) is 9.92. The van der Waals surface area contributed by atoms with Crippen LogP contribution in [-0.2, 0) is 6.54 Å². The molecule has 0 saturated carbocycles. The van der Waals surface area contributed by atoms with E-state index in [1.807, 2.05) is 13.1 Å². The first-order valence-corrected chi connectivity index (χ1v) is 11.6. The summed E-state index contributed by atoms with van der Waals surface area (Å²) in [7, 11) is 0. The Morgan fingerprint density at radius 1 is 1.21 bits per heavy atom. The van der Waals surface area contributed by atoms with Gasteiger partial charge in [-0.1, -0.05) is 59.4 Å². The minimum atomic E-state index is 0. The van der Waals surface area contributed by atoms with E-state index in [4.69, 9.17) is 11.6 Å². The predicted molar refractivity (Wildman–Crippen MR) is 147 cm³/mol. The van der Waals surface area contributed by atoms with Gasteiger partial charge >= 0.3 is 0 Å². The lowest BCUT2D eigenvalue weighted by atomic mass is 9.69. The van der Waals surface area contributed by atoms with E-state index >= 15 is 0 Å². The van der Waals surface area contributed by atoms with E-state index in [1.165, 1.54) is 24.1 Å².